The van der Waals surface area contributed by atoms with Gasteiger partial charge in [0, 0.05) is 37.3 Å². The van der Waals surface area contributed by atoms with Crippen molar-refractivity contribution in [2.75, 3.05) is 26.2 Å². The van der Waals surface area contributed by atoms with Gasteiger partial charge in [-0.1, -0.05) is 30.0 Å². The van der Waals surface area contributed by atoms with Crippen LogP contribution in [0.5, 0.6) is 0 Å². The minimum absolute atomic E-state index is 0.0538. The zero-order chi connectivity index (χ0) is 19.3. The van der Waals surface area contributed by atoms with Crippen LogP contribution >= 0.6 is 11.8 Å². The Morgan fingerprint density at radius 3 is 2.29 bits per heavy atom. The third kappa shape index (κ3) is 3.94. The van der Waals surface area contributed by atoms with E-state index >= 15 is 0 Å². The summed E-state index contributed by atoms with van der Waals surface area (Å²) in [7, 11) is 0. The van der Waals surface area contributed by atoms with Crippen molar-refractivity contribution in [1.29, 1.82) is 0 Å². The molecule has 0 radical (unpaired) electrons. The third-order valence-electron chi connectivity index (χ3n) is 4.58. The van der Waals surface area contributed by atoms with Crippen molar-refractivity contribution in [2.45, 2.75) is 9.92 Å². The number of benzene rings is 1. The molecule has 0 atom stereocenters. The average molecular weight is 393 g/mol. The van der Waals surface area contributed by atoms with Crippen LogP contribution in [0.3, 0.4) is 0 Å². The summed E-state index contributed by atoms with van der Waals surface area (Å²) in [6.45, 7) is 1.98. The van der Waals surface area contributed by atoms with Crippen molar-refractivity contribution in [3.8, 4) is 0 Å². The molecule has 0 spiro atoms. The minimum atomic E-state index is -0.0671. The van der Waals surface area contributed by atoms with E-state index in [1.165, 1.54) is 24.3 Å². The summed E-state index contributed by atoms with van der Waals surface area (Å²) < 4.78 is 4.98. The zero-order valence-electron chi connectivity index (χ0n) is 15.2. The highest BCUT2D eigenvalue weighted by molar-refractivity contribution is 7.99. The first kappa shape index (κ1) is 18.3. The van der Waals surface area contributed by atoms with E-state index in [1.54, 1.807) is 28.1 Å². The lowest BCUT2D eigenvalue weighted by molar-refractivity contribution is 0.0532. The molecule has 0 saturated carbocycles. The van der Waals surface area contributed by atoms with E-state index in [0.717, 1.165) is 4.90 Å². The Morgan fingerprint density at radius 1 is 0.893 bits per heavy atom. The van der Waals surface area contributed by atoms with Crippen LogP contribution < -0.4 is 0 Å². The van der Waals surface area contributed by atoms with Gasteiger partial charge in [0.15, 0.2) is 0 Å². The maximum absolute atomic E-state index is 13.1. The quantitative estimate of drug-likeness (QED) is 0.679. The Kier molecular flexibility index (Phi) is 5.43. The number of furan rings is 1. The van der Waals surface area contributed by atoms with Gasteiger partial charge in [0.05, 0.1) is 17.4 Å². The molecule has 1 aliphatic rings. The van der Waals surface area contributed by atoms with E-state index in [1.807, 2.05) is 36.4 Å². The number of nitrogens with zero attached hydrogens (tertiary/aromatic N) is 3. The van der Waals surface area contributed by atoms with Gasteiger partial charge in [0.1, 0.15) is 11.3 Å². The fourth-order valence-electron chi connectivity index (χ4n) is 3.09. The average Bonchev–Trinajstić information content (AvgIpc) is 3.29. The van der Waals surface area contributed by atoms with Crippen LogP contribution in [0.25, 0.3) is 0 Å². The number of pyridine rings is 1. The molecule has 28 heavy (non-hydrogen) atoms. The van der Waals surface area contributed by atoms with Gasteiger partial charge < -0.3 is 14.2 Å². The molecule has 2 amide bonds. The lowest BCUT2D eigenvalue weighted by Gasteiger charge is -2.34. The number of carbonyl (C=O) groups excluding carboxylic acids is 2. The highest BCUT2D eigenvalue weighted by Gasteiger charge is 2.27. The van der Waals surface area contributed by atoms with E-state index in [4.69, 9.17) is 4.42 Å². The zero-order valence-corrected chi connectivity index (χ0v) is 16.0. The SMILES string of the molecule is O=C(c1ccoc1)N1CCN(C(=O)c2cccnc2Sc2ccccc2)CC1. The fourth-order valence-corrected chi connectivity index (χ4v) is 3.98. The number of amides is 2. The largest absolute Gasteiger partial charge is 0.472 e. The molecule has 1 saturated heterocycles. The molecule has 4 rings (SSSR count). The van der Waals surface area contributed by atoms with Crippen LogP contribution in [0.1, 0.15) is 20.7 Å². The van der Waals surface area contributed by atoms with Crippen LogP contribution in [0, 0.1) is 0 Å². The normalized spacial score (nSPS) is 14.1. The summed E-state index contributed by atoms with van der Waals surface area (Å²) in [6, 6.07) is 15.1. The maximum atomic E-state index is 13.1. The number of rotatable bonds is 4. The molecule has 0 bridgehead atoms. The Labute approximate surface area is 167 Å². The van der Waals surface area contributed by atoms with Gasteiger partial charge in [-0.05, 0) is 30.3 Å². The number of carbonyl (C=O) groups is 2. The van der Waals surface area contributed by atoms with Gasteiger partial charge >= 0.3 is 0 Å². The third-order valence-corrected chi connectivity index (χ3v) is 5.61. The summed E-state index contributed by atoms with van der Waals surface area (Å²) in [6.07, 6.45) is 4.63. The molecule has 1 fully saturated rings. The van der Waals surface area contributed by atoms with E-state index < -0.39 is 0 Å². The molecule has 0 unspecified atom stereocenters. The molecule has 1 aliphatic heterocycles. The highest BCUT2D eigenvalue weighted by Crippen LogP contribution is 2.29. The van der Waals surface area contributed by atoms with E-state index in [-0.39, 0.29) is 11.8 Å². The van der Waals surface area contributed by atoms with Crippen molar-refractivity contribution in [2.24, 2.45) is 0 Å². The summed E-state index contributed by atoms with van der Waals surface area (Å²) in [4.78, 5) is 34.5. The standard InChI is InChI=1S/C21H19N3O3S/c25-20(16-8-14-27-15-16)23-10-12-24(13-11-23)21(26)18-7-4-9-22-19(18)28-17-5-2-1-3-6-17/h1-9,14-15H,10-13H2. The second-order valence-electron chi connectivity index (χ2n) is 6.37. The van der Waals surface area contributed by atoms with Crippen LogP contribution in [0.4, 0.5) is 0 Å². The summed E-state index contributed by atoms with van der Waals surface area (Å²) in [5, 5.41) is 0.690. The molecular formula is C21H19N3O3S. The Balaban J connectivity index is 1.44. The van der Waals surface area contributed by atoms with E-state index in [0.29, 0.717) is 42.3 Å². The molecule has 2 aromatic heterocycles. The topological polar surface area (TPSA) is 66.7 Å². The van der Waals surface area contributed by atoms with Crippen LogP contribution in [-0.2, 0) is 0 Å². The van der Waals surface area contributed by atoms with Gasteiger partial charge in [-0.15, -0.1) is 0 Å². The van der Waals surface area contributed by atoms with Crippen molar-refractivity contribution in [1.82, 2.24) is 14.8 Å². The monoisotopic (exact) mass is 393 g/mol. The van der Waals surface area contributed by atoms with Crippen LogP contribution in [0.15, 0.2) is 81.6 Å². The second-order valence-corrected chi connectivity index (χ2v) is 7.43. The first-order valence-electron chi connectivity index (χ1n) is 9.01. The van der Waals surface area contributed by atoms with Crippen molar-refractivity contribution in [3.05, 3.63) is 78.4 Å². The van der Waals surface area contributed by atoms with Crippen LogP contribution in [-0.4, -0.2) is 52.8 Å². The first-order chi connectivity index (χ1) is 13.7. The predicted octanol–water partition coefficient (Wildman–Crippen LogP) is 3.42. The lowest BCUT2D eigenvalue weighted by atomic mass is 10.2. The van der Waals surface area contributed by atoms with E-state index in [9.17, 15) is 9.59 Å². The number of piperazine rings is 1. The molecule has 0 aliphatic carbocycles. The molecule has 1 aromatic carbocycles. The number of hydrogen-bond donors (Lipinski definition) is 0. The maximum Gasteiger partial charge on any atom is 0.257 e. The highest BCUT2D eigenvalue weighted by atomic mass is 32.2. The second kappa shape index (κ2) is 8.31. The molecule has 3 heterocycles. The molecule has 142 valence electrons. The summed E-state index contributed by atoms with van der Waals surface area (Å²) in [5.41, 5.74) is 1.12. The molecule has 6 nitrogen and oxygen atoms in total. The van der Waals surface area contributed by atoms with Crippen LogP contribution in [0.2, 0.25) is 0 Å². The van der Waals surface area contributed by atoms with E-state index in [2.05, 4.69) is 4.98 Å². The lowest BCUT2D eigenvalue weighted by Crippen LogP contribution is -2.50. The van der Waals surface area contributed by atoms with Gasteiger partial charge in [-0.3, -0.25) is 9.59 Å². The van der Waals surface area contributed by atoms with Gasteiger partial charge in [-0.2, -0.15) is 0 Å². The van der Waals surface area contributed by atoms with Gasteiger partial charge in [-0.25, -0.2) is 4.98 Å². The predicted molar refractivity (Wildman–Crippen MR) is 105 cm³/mol. The fraction of sp³-hybridized carbons (Fsp3) is 0.190. The van der Waals surface area contributed by atoms with Gasteiger partial charge in [0.25, 0.3) is 11.8 Å². The Hall–Kier alpha value is -3.06. The Bertz CT molecular complexity index is 952. The summed E-state index contributed by atoms with van der Waals surface area (Å²) in [5.74, 6) is -0.121. The van der Waals surface area contributed by atoms with Gasteiger partial charge in [0.2, 0.25) is 0 Å². The first-order valence-corrected chi connectivity index (χ1v) is 9.83. The van der Waals surface area contributed by atoms with Crippen molar-refractivity contribution in [3.63, 3.8) is 0 Å². The van der Waals surface area contributed by atoms with Crippen molar-refractivity contribution < 1.29 is 14.0 Å². The van der Waals surface area contributed by atoms with Crippen molar-refractivity contribution >= 4 is 23.6 Å². The number of aromatic nitrogens is 1. The molecule has 0 N–H and O–H groups in total. The Morgan fingerprint density at radius 2 is 1.61 bits per heavy atom. The molecule has 7 heteroatoms. The minimum Gasteiger partial charge on any atom is -0.472 e. The molecule has 3 aromatic rings. The smallest absolute Gasteiger partial charge is 0.257 e. The summed E-state index contributed by atoms with van der Waals surface area (Å²) >= 11 is 1.48. The number of hydrogen-bond acceptors (Lipinski definition) is 5. The molecular weight excluding hydrogens is 374 g/mol.